The van der Waals surface area contributed by atoms with Crippen LogP contribution in [0.4, 0.5) is 0 Å². The van der Waals surface area contributed by atoms with Crippen LogP contribution in [-0.2, 0) is 14.8 Å². The van der Waals surface area contributed by atoms with Gasteiger partial charge in [0.25, 0.3) is 0 Å². The van der Waals surface area contributed by atoms with Crippen LogP contribution in [-0.4, -0.2) is 26.4 Å². The molecule has 1 fully saturated rings. The molecule has 0 radical (unpaired) electrons. The lowest BCUT2D eigenvalue weighted by atomic mass is 9.97. The second-order valence-corrected chi connectivity index (χ2v) is 5.25. The van der Waals surface area contributed by atoms with Gasteiger partial charge in [0.05, 0.1) is 6.10 Å². The molecule has 1 aliphatic rings. The quantitative estimate of drug-likeness (QED) is 0.688. The Kier molecular flexibility index (Phi) is 3.93. The van der Waals surface area contributed by atoms with E-state index in [0.29, 0.717) is 6.42 Å². The normalized spacial score (nSPS) is 28.3. The van der Waals surface area contributed by atoms with Crippen LogP contribution in [0.5, 0.6) is 0 Å². The van der Waals surface area contributed by atoms with Crippen LogP contribution in [0.3, 0.4) is 0 Å². The van der Waals surface area contributed by atoms with Gasteiger partial charge in [-0.15, -0.1) is 6.42 Å². The third kappa shape index (κ3) is 2.98. The van der Waals surface area contributed by atoms with Crippen molar-refractivity contribution in [1.82, 2.24) is 0 Å². The molecule has 0 aromatic rings. The molecule has 2 atom stereocenters. The Bertz CT molecular complexity index is 317. The smallest absolute Gasteiger partial charge is 0.214 e. The molecule has 4 nitrogen and oxygen atoms in total. The molecule has 0 heterocycles. The summed E-state index contributed by atoms with van der Waals surface area (Å²) in [4.78, 5) is 0. The highest BCUT2D eigenvalue weighted by molar-refractivity contribution is 7.89. The van der Waals surface area contributed by atoms with Crippen molar-refractivity contribution in [2.24, 2.45) is 5.14 Å². The number of rotatable bonds is 3. The first-order valence-electron chi connectivity index (χ1n) is 4.62. The van der Waals surface area contributed by atoms with E-state index in [2.05, 4.69) is 5.92 Å². The van der Waals surface area contributed by atoms with Crippen molar-refractivity contribution in [3.63, 3.8) is 0 Å². The molecule has 0 amide bonds. The summed E-state index contributed by atoms with van der Waals surface area (Å²) in [5, 5.41) is 4.53. The molecule has 2 unspecified atom stereocenters. The van der Waals surface area contributed by atoms with Gasteiger partial charge in [-0.2, -0.15) is 0 Å². The van der Waals surface area contributed by atoms with E-state index in [1.54, 1.807) is 0 Å². The lowest BCUT2D eigenvalue weighted by molar-refractivity contribution is 0.0525. The average Bonchev–Trinajstić information content (AvgIpc) is 2.14. The summed E-state index contributed by atoms with van der Waals surface area (Å²) in [6, 6.07) is 0. The molecule has 0 bridgehead atoms. The Morgan fingerprint density at radius 3 is 2.64 bits per heavy atom. The number of ether oxygens (including phenoxy) is 1. The van der Waals surface area contributed by atoms with Gasteiger partial charge in [-0.3, -0.25) is 0 Å². The van der Waals surface area contributed by atoms with Gasteiger partial charge in [0, 0.05) is 0 Å². The molecule has 0 spiro atoms. The van der Waals surface area contributed by atoms with Gasteiger partial charge in [0.2, 0.25) is 10.0 Å². The topological polar surface area (TPSA) is 69.4 Å². The van der Waals surface area contributed by atoms with E-state index in [9.17, 15) is 8.42 Å². The molecule has 0 saturated heterocycles. The number of terminal acetylenes is 1. The molecule has 0 aromatic carbocycles. The van der Waals surface area contributed by atoms with Crippen molar-refractivity contribution >= 4 is 10.0 Å². The first kappa shape index (κ1) is 11.5. The molecule has 5 heteroatoms. The fourth-order valence-corrected chi connectivity index (χ4v) is 2.92. The Morgan fingerprint density at radius 2 is 2.07 bits per heavy atom. The van der Waals surface area contributed by atoms with Crippen molar-refractivity contribution in [2.45, 2.75) is 37.0 Å². The monoisotopic (exact) mass is 217 g/mol. The molecule has 1 saturated carbocycles. The SMILES string of the molecule is C#CCOC1CCCCC1S(N)(=O)=O. The highest BCUT2D eigenvalue weighted by Gasteiger charge is 2.33. The Morgan fingerprint density at radius 1 is 1.43 bits per heavy atom. The predicted octanol–water partition coefficient (Wildman–Crippen LogP) is 0.236. The van der Waals surface area contributed by atoms with Gasteiger partial charge in [-0.1, -0.05) is 18.8 Å². The van der Waals surface area contributed by atoms with E-state index in [1.807, 2.05) is 0 Å². The van der Waals surface area contributed by atoms with E-state index >= 15 is 0 Å². The van der Waals surface area contributed by atoms with Gasteiger partial charge in [0.15, 0.2) is 0 Å². The third-order valence-electron chi connectivity index (χ3n) is 2.44. The molecule has 2 N–H and O–H groups in total. The van der Waals surface area contributed by atoms with Crippen molar-refractivity contribution in [2.75, 3.05) is 6.61 Å². The van der Waals surface area contributed by atoms with Gasteiger partial charge < -0.3 is 4.74 Å². The minimum absolute atomic E-state index is 0.149. The minimum atomic E-state index is -3.50. The Labute approximate surface area is 84.9 Å². The number of primary sulfonamides is 1. The van der Waals surface area contributed by atoms with Crippen LogP contribution in [0.1, 0.15) is 25.7 Å². The average molecular weight is 217 g/mol. The van der Waals surface area contributed by atoms with E-state index in [4.69, 9.17) is 16.3 Å². The highest BCUT2D eigenvalue weighted by atomic mass is 32.2. The van der Waals surface area contributed by atoms with Crippen LogP contribution in [0.15, 0.2) is 0 Å². The summed E-state index contributed by atoms with van der Waals surface area (Å²) in [5.74, 6) is 2.33. The molecule has 0 aliphatic heterocycles. The molecule has 14 heavy (non-hydrogen) atoms. The highest BCUT2D eigenvalue weighted by Crippen LogP contribution is 2.25. The molecule has 1 aliphatic carbocycles. The summed E-state index contributed by atoms with van der Waals surface area (Å²) in [7, 11) is -3.50. The first-order chi connectivity index (χ1) is 6.55. The van der Waals surface area contributed by atoms with Crippen molar-refractivity contribution in [3.8, 4) is 12.3 Å². The minimum Gasteiger partial charge on any atom is -0.364 e. The Hall–Kier alpha value is -0.570. The van der Waals surface area contributed by atoms with Crippen molar-refractivity contribution in [1.29, 1.82) is 0 Å². The number of sulfonamides is 1. The van der Waals surface area contributed by atoms with Crippen LogP contribution >= 0.6 is 0 Å². The molecular weight excluding hydrogens is 202 g/mol. The van der Waals surface area contributed by atoms with E-state index in [0.717, 1.165) is 19.3 Å². The maximum Gasteiger partial charge on any atom is 0.214 e. The summed E-state index contributed by atoms with van der Waals surface area (Å²) >= 11 is 0. The van der Waals surface area contributed by atoms with Gasteiger partial charge >= 0.3 is 0 Å². The standard InChI is InChI=1S/C9H15NO3S/c1-2-7-13-8-5-3-4-6-9(8)14(10,11)12/h1,8-9H,3-7H2,(H2,10,11,12). The Balaban J connectivity index is 2.65. The van der Waals surface area contributed by atoms with E-state index in [-0.39, 0.29) is 12.7 Å². The second-order valence-electron chi connectivity index (χ2n) is 3.47. The summed E-state index contributed by atoms with van der Waals surface area (Å²) in [5.41, 5.74) is 0. The number of hydrogen-bond acceptors (Lipinski definition) is 3. The van der Waals surface area contributed by atoms with Gasteiger partial charge in [-0.25, -0.2) is 13.6 Å². The fourth-order valence-electron chi connectivity index (χ4n) is 1.78. The maximum absolute atomic E-state index is 11.2. The van der Waals surface area contributed by atoms with Crippen molar-refractivity contribution in [3.05, 3.63) is 0 Å². The zero-order valence-electron chi connectivity index (χ0n) is 7.98. The second kappa shape index (κ2) is 4.78. The molecule has 0 aromatic heterocycles. The van der Waals surface area contributed by atoms with Gasteiger partial charge in [-0.05, 0) is 12.8 Å². The number of hydrogen-bond donors (Lipinski definition) is 1. The summed E-state index contributed by atoms with van der Waals surface area (Å²) in [6.45, 7) is 0.149. The first-order valence-corrected chi connectivity index (χ1v) is 6.23. The van der Waals surface area contributed by atoms with Crippen LogP contribution < -0.4 is 5.14 Å². The third-order valence-corrected chi connectivity index (χ3v) is 3.83. The van der Waals surface area contributed by atoms with Crippen LogP contribution in [0.25, 0.3) is 0 Å². The lowest BCUT2D eigenvalue weighted by Gasteiger charge is -2.29. The molecule has 1 rings (SSSR count). The lowest BCUT2D eigenvalue weighted by Crippen LogP contribution is -2.42. The largest absolute Gasteiger partial charge is 0.364 e. The van der Waals surface area contributed by atoms with E-state index < -0.39 is 15.3 Å². The predicted molar refractivity (Wildman–Crippen MR) is 53.9 cm³/mol. The zero-order chi connectivity index (χ0) is 10.6. The number of nitrogens with two attached hydrogens (primary N) is 1. The summed E-state index contributed by atoms with van der Waals surface area (Å²) < 4.78 is 27.7. The van der Waals surface area contributed by atoms with Crippen LogP contribution in [0, 0.1) is 12.3 Å². The summed E-state index contributed by atoms with van der Waals surface area (Å²) in [6.07, 6.45) is 7.88. The van der Waals surface area contributed by atoms with Crippen LogP contribution in [0.2, 0.25) is 0 Å². The molecular formula is C9H15NO3S. The zero-order valence-corrected chi connectivity index (χ0v) is 8.79. The molecule has 80 valence electrons. The maximum atomic E-state index is 11.2. The van der Waals surface area contributed by atoms with E-state index in [1.165, 1.54) is 0 Å². The van der Waals surface area contributed by atoms with Crippen molar-refractivity contribution < 1.29 is 13.2 Å². The van der Waals surface area contributed by atoms with Gasteiger partial charge in [0.1, 0.15) is 11.9 Å². The fraction of sp³-hybridized carbons (Fsp3) is 0.778.